The maximum absolute atomic E-state index is 8.63. The molecule has 0 amide bonds. The minimum absolute atomic E-state index is 0.736. The van der Waals surface area contributed by atoms with Gasteiger partial charge < -0.3 is 5.32 Å². The third kappa shape index (κ3) is 2.10. The van der Waals surface area contributed by atoms with Gasteiger partial charge in [-0.2, -0.15) is 5.26 Å². The van der Waals surface area contributed by atoms with Crippen molar-refractivity contribution >= 4 is 27.8 Å². The number of hydrogen-bond acceptors (Lipinski definition) is 5. The summed E-state index contributed by atoms with van der Waals surface area (Å²) >= 11 is 3.08. The maximum Gasteiger partial charge on any atom is 0.182 e. The van der Waals surface area contributed by atoms with Gasteiger partial charge in [0.15, 0.2) is 5.13 Å². The molecule has 0 saturated heterocycles. The van der Waals surface area contributed by atoms with E-state index in [4.69, 9.17) is 5.26 Å². The Morgan fingerprint density at radius 1 is 1.50 bits per heavy atom. The maximum atomic E-state index is 8.63. The highest BCUT2D eigenvalue weighted by molar-refractivity contribution is 7.13. The highest BCUT2D eigenvalue weighted by Crippen LogP contribution is 2.18. The Morgan fingerprint density at radius 3 is 3.07 bits per heavy atom. The topological polar surface area (TPSA) is 48.7 Å². The molecule has 70 valence electrons. The van der Waals surface area contributed by atoms with Crippen LogP contribution in [-0.2, 0) is 6.54 Å². The van der Waals surface area contributed by atoms with Crippen LogP contribution in [0, 0.1) is 11.3 Å². The van der Waals surface area contributed by atoms with E-state index in [-0.39, 0.29) is 0 Å². The number of nitriles is 1. The number of thiazole rings is 1. The fraction of sp³-hybridized carbons (Fsp3) is 0.111. The summed E-state index contributed by atoms with van der Waals surface area (Å²) in [6.45, 7) is 0.736. The van der Waals surface area contributed by atoms with E-state index in [9.17, 15) is 0 Å². The van der Waals surface area contributed by atoms with Gasteiger partial charge in [0.1, 0.15) is 10.9 Å². The van der Waals surface area contributed by atoms with Crippen molar-refractivity contribution in [3.63, 3.8) is 0 Å². The Kier molecular flexibility index (Phi) is 2.77. The number of rotatable bonds is 3. The molecule has 1 N–H and O–H groups in total. The Morgan fingerprint density at radius 2 is 2.43 bits per heavy atom. The first-order valence-electron chi connectivity index (χ1n) is 4.00. The van der Waals surface area contributed by atoms with Crippen molar-refractivity contribution in [3.05, 3.63) is 33.5 Å². The molecule has 0 saturated carbocycles. The van der Waals surface area contributed by atoms with Crippen LogP contribution in [0.25, 0.3) is 0 Å². The van der Waals surface area contributed by atoms with Crippen LogP contribution < -0.4 is 5.32 Å². The first-order valence-corrected chi connectivity index (χ1v) is 5.70. The van der Waals surface area contributed by atoms with Gasteiger partial charge in [0, 0.05) is 16.5 Å². The fourth-order valence-electron chi connectivity index (χ4n) is 1.01. The average Bonchev–Trinajstić information content (AvgIpc) is 2.86. The lowest BCUT2D eigenvalue weighted by molar-refractivity contribution is 1.17. The van der Waals surface area contributed by atoms with Crippen LogP contribution in [0.15, 0.2) is 23.7 Å². The van der Waals surface area contributed by atoms with Crippen LogP contribution in [-0.4, -0.2) is 4.98 Å². The summed E-state index contributed by atoms with van der Waals surface area (Å²) in [4.78, 5) is 6.01. The molecule has 2 aromatic rings. The van der Waals surface area contributed by atoms with Crippen molar-refractivity contribution < 1.29 is 0 Å². The molecular formula is C9H7N3S2. The van der Waals surface area contributed by atoms with E-state index < -0.39 is 0 Å². The van der Waals surface area contributed by atoms with Crippen molar-refractivity contribution in [2.75, 3.05) is 5.32 Å². The number of hydrogen-bond donors (Lipinski definition) is 1. The number of aromatic nitrogens is 1. The van der Waals surface area contributed by atoms with Gasteiger partial charge in [0.25, 0.3) is 0 Å². The van der Waals surface area contributed by atoms with Crippen LogP contribution >= 0.6 is 22.7 Å². The van der Waals surface area contributed by atoms with E-state index >= 15 is 0 Å². The zero-order chi connectivity index (χ0) is 9.80. The Labute approximate surface area is 89.7 Å². The minimum atomic E-state index is 0.736. The highest BCUT2D eigenvalue weighted by atomic mass is 32.1. The summed E-state index contributed by atoms with van der Waals surface area (Å²) in [5.74, 6) is 0. The van der Waals surface area contributed by atoms with Crippen LogP contribution in [0.4, 0.5) is 5.13 Å². The molecule has 0 bridgehead atoms. The molecule has 2 heterocycles. The summed E-state index contributed by atoms with van der Waals surface area (Å²) in [6.07, 6.45) is 1.77. The van der Waals surface area contributed by atoms with Crippen molar-refractivity contribution in [3.8, 4) is 6.07 Å². The summed E-state index contributed by atoms with van der Waals surface area (Å²) in [6, 6.07) is 5.92. The molecule has 0 aliphatic carbocycles. The fourth-order valence-corrected chi connectivity index (χ4v) is 2.28. The van der Waals surface area contributed by atoms with Crippen LogP contribution in [0.2, 0.25) is 0 Å². The third-order valence-corrected chi connectivity index (χ3v) is 3.34. The van der Waals surface area contributed by atoms with Gasteiger partial charge in [-0.3, -0.25) is 0 Å². The molecule has 0 aliphatic rings. The molecule has 0 radical (unpaired) electrons. The quantitative estimate of drug-likeness (QED) is 0.866. The largest absolute Gasteiger partial charge is 0.357 e. The van der Waals surface area contributed by atoms with Crippen molar-refractivity contribution in [2.24, 2.45) is 0 Å². The van der Waals surface area contributed by atoms with Gasteiger partial charge >= 0.3 is 0 Å². The predicted octanol–water partition coefficient (Wildman–Crippen LogP) is 2.69. The Bertz CT molecular complexity index is 439. The second-order valence-electron chi connectivity index (χ2n) is 2.57. The normalized spacial score (nSPS) is 9.64. The zero-order valence-electron chi connectivity index (χ0n) is 7.23. The van der Waals surface area contributed by atoms with E-state index in [1.807, 2.05) is 17.5 Å². The molecule has 0 fully saturated rings. The van der Waals surface area contributed by atoms with Crippen LogP contribution in [0.5, 0.6) is 0 Å². The van der Waals surface area contributed by atoms with Gasteiger partial charge in [-0.15, -0.1) is 22.7 Å². The number of thiophene rings is 1. The van der Waals surface area contributed by atoms with E-state index in [1.165, 1.54) is 11.3 Å². The molecule has 0 spiro atoms. The van der Waals surface area contributed by atoms with Crippen molar-refractivity contribution in [1.29, 1.82) is 5.26 Å². The molecule has 0 aromatic carbocycles. The second-order valence-corrected chi connectivity index (χ2v) is 4.63. The second kappa shape index (κ2) is 4.22. The van der Waals surface area contributed by atoms with E-state index in [0.717, 1.165) is 21.4 Å². The highest BCUT2D eigenvalue weighted by Gasteiger charge is 1.99. The van der Waals surface area contributed by atoms with Gasteiger partial charge in [0.05, 0.1) is 6.54 Å². The molecule has 2 aromatic heterocycles. The summed E-state index contributed by atoms with van der Waals surface area (Å²) in [5.41, 5.74) is 0. The minimum Gasteiger partial charge on any atom is -0.357 e. The van der Waals surface area contributed by atoms with E-state index in [0.29, 0.717) is 0 Å². The Hall–Kier alpha value is -1.38. The van der Waals surface area contributed by atoms with E-state index in [1.54, 1.807) is 17.5 Å². The summed E-state index contributed by atoms with van der Waals surface area (Å²) in [5, 5.41) is 14.7. The lowest BCUT2D eigenvalue weighted by Gasteiger charge is -1.97. The number of nitrogens with one attached hydrogen (secondary N) is 1. The lowest BCUT2D eigenvalue weighted by atomic mass is 10.4. The van der Waals surface area contributed by atoms with Gasteiger partial charge in [-0.05, 0) is 12.1 Å². The molecule has 2 rings (SSSR count). The molecule has 0 aliphatic heterocycles. The van der Waals surface area contributed by atoms with Crippen molar-refractivity contribution in [2.45, 2.75) is 6.54 Å². The van der Waals surface area contributed by atoms with Gasteiger partial charge in [-0.25, -0.2) is 4.98 Å². The SMILES string of the molecule is N#Cc1ccc(CNc2nccs2)s1. The smallest absolute Gasteiger partial charge is 0.182 e. The van der Waals surface area contributed by atoms with Crippen LogP contribution in [0.1, 0.15) is 9.75 Å². The molecular weight excluding hydrogens is 214 g/mol. The van der Waals surface area contributed by atoms with Gasteiger partial charge in [-0.1, -0.05) is 0 Å². The number of nitrogens with zero attached hydrogens (tertiary/aromatic N) is 2. The average molecular weight is 221 g/mol. The first-order chi connectivity index (χ1) is 6.88. The predicted molar refractivity (Wildman–Crippen MR) is 58.5 cm³/mol. The van der Waals surface area contributed by atoms with Gasteiger partial charge in [0.2, 0.25) is 0 Å². The van der Waals surface area contributed by atoms with Crippen molar-refractivity contribution in [1.82, 2.24) is 4.98 Å². The lowest BCUT2D eigenvalue weighted by Crippen LogP contribution is -1.95. The third-order valence-electron chi connectivity index (χ3n) is 1.62. The summed E-state index contributed by atoms with van der Waals surface area (Å²) < 4.78 is 0. The molecule has 0 atom stereocenters. The Balaban J connectivity index is 1.96. The first kappa shape index (κ1) is 9.19. The monoisotopic (exact) mass is 221 g/mol. The zero-order valence-corrected chi connectivity index (χ0v) is 8.86. The van der Waals surface area contributed by atoms with E-state index in [2.05, 4.69) is 16.4 Å². The molecule has 5 heteroatoms. The molecule has 0 unspecified atom stereocenters. The standard InChI is InChI=1S/C9H7N3S2/c10-5-7-1-2-8(14-7)6-12-9-11-3-4-13-9/h1-4H,6H2,(H,11,12). The number of anilines is 1. The van der Waals surface area contributed by atoms with Crippen LogP contribution in [0.3, 0.4) is 0 Å². The summed E-state index contributed by atoms with van der Waals surface area (Å²) in [7, 11) is 0. The molecule has 14 heavy (non-hydrogen) atoms. The molecule has 3 nitrogen and oxygen atoms in total.